The summed E-state index contributed by atoms with van der Waals surface area (Å²) in [5.41, 5.74) is 0. The van der Waals surface area contributed by atoms with Crippen molar-refractivity contribution in [2.45, 2.75) is 0 Å². The molecule has 5 aromatic heterocycles. The molecule has 0 saturated heterocycles. The predicted molar refractivity (Wildman–Crippen MR) is 90.7 cm³/mol. The number of rotatable bonds is 0. The Bertz CT molecular complexity index is 460. The van der Waals surface area contributed by atoms with Crippen LogP contribution < -0.4 is 0 Å². The molecule has 0 aromatic carbocycles. The van der Waals surface area contributed by atoms with Gasteiger partial charge in [-0.1, -0.05) is 0 Å². The first-order valence-electron chi connectivity index (χ1n) is 7.03. The lowest BCUT2D eigenvalue weighted by Crippen LogP contribution is -1.61. The smallest absolute Gasteiger partial charge is 0.137 e. The van der Waals surface area contributed by atoms with Gasteiger partial charge in [-0.2, -0.15) is 25.6 Å². The Morgan fingerprint density at radius 1 is 0.520 bits per heavy atom. The van der Waals surface area contributed by atoms with Crippen molar-refractivity contribution in [3.05, 3.63) is 86.8 Å². The van der Waals surface area contributed by atoms with Gasteiger partial charge in [0, 0.05) is 37.2 Å². The maximum atomic E-state index is 3.67. The number of hydrogen-bond acceptors (Lipinski definition) is 6. The van der Waals surface area contributed by atoms with Gasteiger partial charge in [0.15, 0.2) is 0 Å². The molecule has 0 bridgehead atoms. The zero-order chi connectivity index (χ0) is 17.7. The van der Waals surface area contributed by atoms with Gasteiger partial charge in [0.2, 0.25) is 0 Å². The lowest BCUT2D eigenvalue weighted by Gasteiger charge is -1.49. The van der Waals surface area contributed by atoms with Crippen molar-refractivity contribution in [2.75, 3.05) is 0 Å². The summed E-state index contributed by atoms with van der Waals surface area (Å²) in [4.78, 5) is 12.8. The van der Waals surface area contributed by atoms with Crippen molar-refractivity contribution < 1.29 is 0 Å². The van der Waals surface area contributed by atoms with Crippen molar-refractivity contribution in [1.29, 1.82) is 0 Å². The third-order valence-electron chi connectivity index (χ3n) is 1.97. The molecule has 5 N–H and O–H groups in total. The molecule has 0 radical (unpaired) electrons. The summed E-state index contributed by atoms with van der Waals surface area (Å²) in [5, 5.41) is 21.5. The van der Waals surface area contributed by atoms with E-state index in [9.17, 15) is 0 Å². The minimum absolute atomic E-state index is 1.44. The van der Waals surface area contributed by atoms with Crippen LogP contribution in [-0.2, 0) is 0 Å². The van der Waals surface area contributed by atoms with Crippen LogP contribution >= 0.6 is 0 Å². The van der Waals surface area contributed by atoms with E-state index in [0.717, 1.165) is 0 Å². The molecule has 0 aliphatic heterocycles. The van der Waals surface area contributed by atoms with Gasteiger partial charge in [0.25, 0.3) is 0 Å². The molecule has 0 saturated carbocycles. The molecule has 0 amide bonds. The number of nitrogens with zero attached hydrogens (tertiary/aromatic N) is 6. The van der Waals surface area contributed by atoms with Crippen LogP contribution in [0.2, 0.25) is 0 Å². The number of hydrogen-bond donors (Lipinski definition) is 5. The molecule has 11 heteroatoms. The van der Waals surface area contributed by atoms with E-state index < -0.39 is 0 Å². The summed E-state index contributed by atoms with van der Waals surface area (Å²) >= 11 is 0. The second kappa shape index (κ2) is 16.4. The summed E-state index contributed by atoms with van der Waals surface area (Å²) in [7, 11) is 0. The van der Waals surface area contributed by atoms with Gasteiger partial charge in [-0.25, -0.2) is 9.97 Å². The average molecular weight is 341 g/mol. The standard InChI is InChI=1S/C4H5N.2C3H4N2.2C2H3N3/c1-2-4-5-3-1;1-2-5-3-4-1;1-2-4-5-3-1;1-3-2-5-4-1;1-2-4-5-3-1/h1-5H;2*1-3H,(H,4,5);2*1-2H,(H,3,4,5). The lowest BCUT2D eigenvalue weighted by molar-refractivity contribution is 0.940. The fourth-order valence-electron chi connectivity index (χ4n) is 1.04. The minimum atomic E-state index is 1.44. The molecule has 0 atom stereocenters. The third-order valence-corrected chi connectivity index (χ3v) is 1.97. The van der Waals surface area contributed by atoms with Gasteiger partial charge in [0.05, 0.1) is 18.7 Å². The van der Waals surface area contributed by atoms with Crippen LogP contribution in [0.5, 0.6) is 0 Å². The van der Waals surface area contributed by atoms with Crippen molar-refractivity contribution in [3.63, 3.8) is 0 Å². The van der Waals surface area contributed by atoms with E-state index in [1.807, 2.05) is 30.6 Å². The highest BCUT2D eigenvalue weighted by atomic mass is 15.3. The van der Waals surface area contributed by atoms with Crippen molar-refractivity contribution in [2.24, 2.45) is 0 Å². The van der Waals surface area contributed by atoms with Crippen molar-refractivity contribution in [1.82, 2.24) is 55.7 Å². The number of aromatic nitrogens is 11. The van der Waals surface area contributed by atoms with Crippen molar-refractivity contribution >= 4 is 0 Å². The van der Waals surface area contributed by atoms with Crippen LogP contribution in [0, 0.1) is 0 Å². The highest BCUT2D eigenvalue weighted by Gasteiger charge is 1.58. The topological polar surface area (TPSA) is 156 Å². The average Bonchev–Trinajstić information content (AvgIpc) is 3.55. The summed E-state index contributed by atoms with van der Waals surface area (Å²) in [5.74, 6) is 0. The minimum Gasteiger partial charge on any atom is -0.368 e. The van der Waals surface area contributed by atoms with E-state index in [2.05, 4.69) is 55.7 Å². The second-order valence-electron chi connectivity index (χ2n) is 3.72. The Labute approximate surface area is 143 Å². The van der Waals surface area contributed by atoms with Crippen LogP contribution in [0.15, 0.2) is 86.8 Å². The molecule has 11 nitrogen and oxygen atoms in total. The van der Waals surface area contributed by atoms with Gasteiger partial charge < -0.3 is 9.97 Å². The molecular formula is C14H19N11. The maximum Gasteiger partial charge on any atom is 0.137 e. The number of nitrogens with one attached hydrogen (secondary N) is 5. The Hall–Kier alpha value is -4.02. The van der Waals surface area contributed by atoms with Gasteiger partial charge in [-0.05, 0) is 18.2 Å². The zero-order valence-corrected chi connectivity index (χ0v) is 13.3. The molecular weight excluding hydrogens is 322 g/mol. The number of H-pyrrole nitrogens is 5. The van der Waals surface area contributed by atoms with E-state index in [1.165, 1.54) is 12.7 Å². The van der Waals surface area contributed by atoms with E-state index in [1.54, 1.807) is 43.5 Å². The van der Waals surface area contributed by atoms with Crippen LogP contribution in [0.3, 0.4) is 0 Å². The highest BCUT2D eigenvalue weighted by molar-refractivity contribution is 4.84. The molecule has 0 unspecified atom stereocenters. The first-order valence-corrected chi connectivity index (χ1v) is 7.03. The molecule has 0 aliphatic carbocycles. The SMILES string of the molecule is c1c[nH]cn1.c1cc[nH]c1.c1cn[nH]c1.c1cn[nH]n1.c1nc[nH]n1. The normalized spacial score (nSPS) is 8.00. The second-order valence-corrected chi connectivity index (χ2v) is 3.72. The van der Waals surface area contributed by atoms with Gasteiger partial charge in [-0.15, -0.1) is 0 Å². The molecule has 5 aromatic rings. The molecule has 0 fully saturated rings. The summed E-state index contributed by atoms with van der Waals surface area (Å²) in [6.45, 7) is 0. The van der Waals surface area contributed by atoms with Crippen molar-refractivity contribution in [3.8, 4) is 0 Å². The highest BCUT2D eigenvalue weighted by Crippen LogP contribution is 1.72. The number of aromatic amines is 5. The Kier molecular flexibility index (Phi) is 12.4. The van der Waals surface area contributed by atoms with Crippen LogP contribution in [0.4, 0.5) is 0 Å². The van der Waals surface area contributed by atoms with Gasteiger partial charge >= 0.3 is 0 Å². The first-order chi connectivity index (χ1) is 12.5. The fourth-order valence-corrected chi connectivity index (χ4v) is 1.04. The first kappa shape index (κ1) is 19.0. The molecule has 0 aliphatic rings. The quantitative estimate of drug-likeness (QED) is 0.287. The summed E-state index contributed by atoms with van der Waals surface area (Å²) in [6.07, 6.45) is 18.4. The fraction of sp³-hybridized carbons (Fsp3) is 0. The van der Waals surface area contributed by atoms with Crippen LogP contribution in [0.25, 0.3) is 0 Å². The Morgan fingerprint density at radius 2 is 1.36 bits per heavy atom. The number of imidazole rings is 1. The molecule has 25 heavy (non-hydrogen) atoms. The monoisotopic (exact) mass is 341 g/mol. The van der Waals surface area contributed by atoms with E-state index in [-0.39, 0.29) is 0 Å². The molecule has 130 valence electrons. The van der Waals surface area contributed by atoms with Gasteiger partial charge in [-0.3, -0.25) is 10.2 Å². The largest absolute Gasteiger partial charge is 0.368 e. The zero-order valence-electron chi connectivity index (χ0n) is 13.3. The lowest BCUT2D eigenvalue weighted by atomic mass is 10.7. The van der Waals surface area contributed by atoms with Crippen LogP contribution in [0.1, 0.15) is 0 Å². The Morgan fingerprint density at radius 3 is 1.56 bits per heavy atom. The van der Waals surface area contributed by atoms with Gasteiger partial charge in [0.1, 0.15) is 12.7 Å². The molecule has 5 heterocycles. The van der Waals surface area contributed by atoms with E-state index in [4.69, 9.17) is 0 Å². The molecule has 0 spiro atoms. The van der Waals surface area contributed by atoms with E-state index in [0.29, 0.717) is 0 Å². The molecule has 5 rings (SSSR count). The third kappa shape index (κ3) is 14.7. The predicted octanol–water partition coefficient (Wildman–Crippen LogP) is 1.44. The maximum absolute atomic E-state index is 3.67. The van der Waals surface area contributed by atoms with Crippen LogP contribution in [-0.4, -0.2) is 55.7 Å². The summed E-state index contributed by atoms with van der Waals surface area (Å²) in [6, 6.07) is 5.72. The van der Waals surface area contributed by atoms with E-state index >= 15 is 0 Å². The summed E-state index contributed by atoms with van der Waals surface area (Å²) < 4.78 is 0. The Balaban J connectivity index is 0.000000156.